The van der Waals surface area contributed by atoms with Gasteiger partial charge in [0.25, 0.3) is 0 Å². The number of hydrogen-bond acceptors (Lipinski definition) is 3. The molecule has 0 spiro atoms. The molecule has 0 bridgehead atoms. The van der Waals surface area contributed by atoms with Gasteiger partial charge < -0.3 is 5.84 Å². The lowest BCUT2D eigenvalue weighted by Crippen LogP contribution is -2.00. The second-order valence-corrected chi connectivity index (χ2v) is 4.32. The molecular weight excluding hydrogens is 156 g/mol. The van der Waals surface area contributed by atoms with Gasteiger partial charge in [0.05, 0.1) is 5.04 Å². The third kappa shape index (κ3) is 3.14. The molecule has 2 N–H and O–H groups in total. The van der Waals surface area contributed by atoms with Crippen molar-refractivity contribution >= 4 is 16.8 Å². The Morgan fingerprint density at radius 1 is 1.55 bits per heavy atom. The lowest BCUT2D eigenvalue weighted by Gasteiger charge is -2.06. The Hall–Kier alpha value is -0.180. The van der Waals surface area contributed by atoms with Crippen molar-refractivity contribution in [2.45, 2.75) is 32.6 Å². The van der Waals surface area contributed by atoms with Gasteiger partial charge in [0.1, 0.15) is 0 Å². The zero-order valence-corrected chi connectivity index (χ0v) is 7.86. The Balaban J connectivity index is 2.11. The largest absolute Gasteiger partial charge is 0.323 e. The van der Waals surface area contributed by atoms with Crippen molar-refractivity contribution in [1.82, 2.24) is 0 Å². The molecule has 3 heteroatoms. The number of hydrazone groups is 1. The van der Waals surface area contributed by atoms with E-state index in [2.05, 4.69) is 5.10 Å². The summed E-state index contributed by atoms with van der Waals surface area (Å²) >= 11 is 1.80. The molecule has 0 amide bonds. The maximum absolute atomic E-state index is 5.12. The molecule has 0 unspecified atom stereocenters. The third-order valence-electron chi connectivity index (χ3n) is 2.18. The van der Waals surface area contributed by atoms with Gasteiger partial charge >= 0.3 is 0 Å². The van der Waals surface area contributed by atoms with Gasteiger partial charge in [0.15, 0.2) is 0 Å². The van der Waals surface area contributed by atoms with Gasteiger partial charge in [-0.1, -0.05) is 12.8 Å². The van der Waals surface area contributed by atoms with Gasteiger partial charge in [-0.3, -0.25) is 0 Å². The Kier molecular flexibility index (Phi) is 3.77. The molecule has 1 aliphatic carbocycles. The van der Waals surface area contributed by atoms with Crippen molar-refractivity contribution in [3.05, 3.63) is 0 Å². The van der Waals surface area contributed by atoms with E-state index >= 15 is 0 Å². The van der Waals surface area contributed by atoms with Crippen LogP contribution in [0.15, 0.2) is 5.10 Å². The molecule has 1 aliphatic rings. The highest BCUT2D eigenvalue weighted by Crippen LogP contribution is 2.27. The molecule has 0 aromatic rings. The number of nitrogens with zero attached hydrogens (tertiary/aromatic N) is 1. The molecule has 1 rings (SSSR count). The van der Waals surface area contributed by atoms with Gasteiger partial charge in [-0.05, 0) is 25.7 Å². The van der Waals surface area contributed by atoms with E-state index in [9.17, 15) is 0 Å². The highest BCUT2D eigenvalue weighted by atomic mass is 32.2. The van der Waals surface area contributed by atoms with Crippen molar-refractivity contribution in [1.29, 1.82) is 0 Å². The van der Waals surface area contributed by atoms with E-state index in [1.807, 2.05) is 6.92 Å². The number of hydrogen-bond donors (Lipinski definition) is 1. The Labute approximate surface area is 72.6 Å². The first-order valence-corrected chi connectivity index (χ1v) is 5.18. The Morgan fingerprint density at radius 2 is 2.18 bits per heavy atom. The van der Waals surface area contributed by atoms with Gasteiger partial charge in [-0.25, -0.2) is 0 Å². The average molecular weight is 172 g/mol. The summed E-state index contributed by atoms with van der Waals surface area (Å²) in [6, 6.07) is 0. The fraction of sp³-hybridized carbons (Fsp3) is 0.875. The minimum Gasteiger partial charge on any atom is -0.323 e. The van der Waals surface area contributed by atoms with E-state index in [0.29, 0.717) is 0 Å². The maximum atomic E-state index is 5.12. The van der Waals surface area contributed by atoms with Crippen molar-refractivity contribution in [2.24, 2.45) is 16.9 Å². The molecule has 0 saturated heterocycles. The molecule has 11 heavy (non-hydrogen) atoms. The van der Waals surface area contributed by atoms with E-state index in [4.69, 9.17) is 5.84 Å². The molecule has 0 heterocycles. The van der Waals surface area contributed by atoms with E-state index in [-0.39, 0.29) is 0 Å². The van der Waals surface area contributed by atoms with E-state index in [1.54, 1.807) is 11.8 Å². The fourth-order valence-electron chi connectivity index (χ4n) is 1.45. The predicted molar refractivity (Wildman–Crippen MR) is 51.7 cm³/mol. The summed E-state index contributed by atoms with van der Waals surface area (Å²) in [6.45, 7) is 1.97. The number of thioether (sulfide) groups is 1. The summed E-state index contributed by atoms with van der Waals surface area (Å²) in [5.74, 6) is 7.27. The van der Waals surface area contributed by atoms with Crippen LogP contribution in [0.2, 0.25) is 0 Å². The molecule has 0 aromatic carbocycles. The standard InChI is InChI=1S/C8H16N2S/c1-7(10-9)11-6-8-4-2-3-5-8/h8H,2-6,9H2,1H3/b10-7-. The van der Waals surface area contributed by atoms with Crippen LogP contribution in [0.3, 0.4) is 0 Å². The molecule has 1 saturated carbocycles. The number of rotatable bonds is 2. The van der Waals surface area contributed by atoms with Crippen LogP contribution in [-0.2, 0) is 0 Å². The molecule has 2 nitrogen and oxygen atoms in total. The first kappa shape index (κ1) is 8.91. The Bertz CT molecular complexity index is 139. The second-order valence-electron chi connectivity index (χ2n) is 3.11. The molecule has 64 valence electrons. The topological polar surface area (TPSA) is 38.4 Å². The molecule has 0 radical (unpaired) electrons. The van der Waals surface area contributed by atoms with Gasteiger partial charge in [-0.15, -0.1) is 11.8 Å². The summed E-state index contributed by atoms with van der Waals surface area (Å²) in [7, 11) is 0. The highest BCUT2D eigenvalue weighted by Gasteiger charge is 2.14. The van der Waals surface area contributed by atoms with Crippen LogP contribution in [0, 0.1) is 5.92 Å². The first-order valence-electron chi connectivity index (χ1n) is 4.20. The van der Waals surface area contributed by atoms with Crippen LogP contribution < -0.4 is 5.84 Å². The monoisotopic (exact) mass is 172 g/mol. The lowest BCUT2D eigenvalue weighted by molar-refractivity contribution is 0.624. The van der Waals surface area contributed by atoms with Crippen LogP contribution in [0.5, 0.6) is 0 Å². The first-order chi connectivity index (χ1) is 5.33. The normalized spacial score (nSPS) is 21.0. The Morgan fingerprint density at radius 3 is 2.73 bits per heavy atom. The molecule has 0 aromatic heterocycles. The summed E-state index contributed by atoms with van der Waals surface area (Å²) in [6.07, 6.45) is 5.66. The third-order valence-corrected chi connectivity index (χ3v) is 3.35. The van der Waals surface area contributed by atoms with Crippen LogP contribution in [0.25, 0.3) is 0 Å². The van der Waals surface area contributed by atoms with Crippen molar-refractivity contribution in [3.63, 3.8) is 0 Å². The SMILES string of the molecule is C/C(=N/N)SCC1CCCC1. The van der Waals surface area contributed by atoms with Crippen molar-refractivity contribution in [2.75, 3.05) is 5.75 Å². The zero-order chi connectivity index (χ0) is 8.10. The second kappa shape index (κ2) is 4.65. The highest BCUT2D eigenvalue weighted by molar-refractivity contribution is 8.13. The quantitative estimate of drug-likeness (QED) is 0.300. The van der Waals surface area contributed by atoms with Crippen molar-refractivity contribution < 1.29 is 0 Å². The van der Waals surface area contributed by atoms with E-state index < -0.39 is 0 Å². The minimum absolute atomic E-state index is 0.927. The summed E-state index contributed by atoms with van der Waals surface area (Å²) in [5, 5.41) is 4.64. The van der Waals surface area contributed by atoms with Crippen molar-refractivity contribution in [3.8, 4) is 0 Å². The fourth-order valence-corrected chi connectivity index (χ4v) is 2.34. The minimum atomic E-state index is 0.927. The summed E-state index contributed by atoms with van der Waals surface area (Å²) in [4.78, 5) is 0. The van der Waals surface area contributed by atoms with Crippen LogP contribution in [0.1, 0.15) is 32.6 Å². The smallest absolute Gasteiger partial charge is 0.0897 e. The molecule has 1 fully saturated rings. The van der Waals surface area contributed by atoms with Crippen LogP contribution in [-0.4, -0.2) is 10.8 Å². The van der Waals surface area contributed by atoms with Gasteiger partial charge in [0, 0.05) is 5.75 Å². The maximum Gasteiger partial charge on any atom is 0.0897 e. The lowest BCUT2D eigenvalue weighted by atomic mass is 10.1. The average Bonchev–Trinajstić information content (AvgIpc) is 2.52. The van der Waals surface area contributed by atoms with Crippen LogP contribution >= 0.6 is 11.8 Å². The molecule has 0 aliphatic heterocycles. The summed E-state index contributed by atoms with van der Waals surface area (Å²) in [5.41, 5.74) is 0. The molecule has 0 atom stereocenters. The van der Waals surface area contributed by atoms with E-state index in [1.165, 1.54) is 31.4 Å². The zero-order valence-electron chi connectivity index (χ0n) is 7.05. The summed E-state index contributed by atoms with van der Waals surface area (Å²) < 4.78 is 0. The van der Waals surface area contributed by atoms with Gasteiger partial charge in [0.2, 0.25) is 0 Å². The molecular formula is C8H16N2S. The predicted octanol–water partition coefficient (Wildman–Crippen LogP) is 2.20. The van der Waals surface area contributed by atoms with E-state index in [0.717, 1.165) is 11.0 Å². The number of nitrogens with two attached hydrogens (primary N) is 1. The van der Waals surface area contributed by atoms with Gasteiger partial charge in [-0.2, -0.15) is 5.10 Å². The van der Waals surface area contributed by atoms with Crippen LogP contribution in [0.4, 0.5) is 0 Å².